The third-order valence-corrected chi connectivity index (χ3v) is 2.56. The smallest absolute Gasteiger partial charge is 0.275 e. The molecule has 0 unspecified atom stereocenters. The highest BCUT2D eigenvalue weighted by atomic mass is 79.9. The van der Waals surface area contributed by atoms with Gasteiger partial charge >= 0.3 is 0 Å². The van der Waals surface area contributed by atoms with Crippen molar-refractivity contribution in [3.63, 3.8) is 0 Å². The molecule has 2 rings (SSSR count). The van der Waals surface area contributed by atoms with Crippen molar-refractivity contribution in [3.05, 3.63) is 51.8 Å². The van der Waals surface area contributed by atoms with Crippen LogP contribution < -0.4 is 5.32 Å². The van der Waals surface area contributed by atoms with E-state index in [2.05, 4.69) is 31.2 Å². The van der Waals surface area contributed by atoms with E-state index < -0.39 is 0 Å². The van der Waals surface area contributed by atoms with Gasteiger partial charge in [0.05, 0.1) is 0 Å². The third kappa shape index (κ3) is 3.25. The topological polar surface area (TPSA) is 54.9 Å². The van der Waals surface area contributed by atoms with Crippen molar-refractivity contribution in [2.75, 3.05) is 5.32 Å². The first-order valence-corrected chi connectivity index (χ1v) is 5.89. The van der Waals surface area contributed by atoms with Gasteiger partial charge in [-0.05, 0) is 40.2 Å². The van der Waals surface area contributed by atoms with Crippen LogP contribution in [0.4, 0.5) is 5.82 Å². The quantitative estimate of drug-likeness (QED) is 0.867. The largest absolute Gasteiger partial charge is 0.305 e. The van der Waals surface area contributed by atoms with E-state index in [9.17, 15) is 4.79 Å². The predicted molar refractivity (Wildman–Crippen MR) is 69.1 cm³/mol. The number of carbonyl (C=O) groups is 1. The minimum Gasteiger partial charge on any atom is -0.305 e. The van der Waals surface area contributed by atoms with Gasteiger partial charge in [0.1, 0.15) is 21.3 Å². The fraction of sp³-hybridized carbons (Fsp3) is 0. The molecule has 4 nitrogen and oxygen atoms in total. The molecular formula is C11H7BrClN3O. The van der Waals surface area contributed by atoms with Crippen molar-refractivity contribution < 1.29 is 4.79 Å². The molecule has 0 radical (unpaired) electrons. The van der Waals surface area contributed by atoms with Gasteiger partial charge in [-0.3, -0.25) is 4.79 Å². The second-order valence-electron chi connectivity index (χ2n) is 3.15. The Hall–Kier alpha value is -1.46. The fourth-order valence-corrected chi connectivity index (χ4v) is 1.70. The molecule has 17 heavy (non-hydrogen) atoms. The Labute approximate surface area is 111 Å². The average Bonchev–Trinajstić information content (AvgIpc) is 2.29. The van der Waals surface area contributed by atoms with Gasteiger partial charge in [0.25, 0.3) is 5.91 Å². The molecule has 6 heteroatoms. The van der Waals surface area contributed by atoms with Crippen LogP contribution in [-0.4, -0.2) is 15.9 Å². The zero-order chi connectivity index (χ0) is 12.3. The molecular weight excluding hydrogens is 305 g/mol. The number of hydrogen-bond acceptors (Lipinski definition) is 3. The number of amides is 1. The molecule has 2 aromatic heterocycles. The van der Waals surface area contributed by atoms with E-state index in [0.29, 0.717) is 21.3 Å². The van der Waals surface area contributed by atoms with Gasteiger partial charge in [-0.2, -0.15) is 0 Å². The Kier molecular flexibility index (Phi) is 3.71. The van der Waals surface area contributed by atoms with Gasteiger partial charge in [0, 0.05) is 0 Å². The van der Waals surface area contributed by atoms with Crippen LogP contribution in [0.5, 0.6) is 0 Å². The number of aromatic nitrogens is 2. The van der Waals surface area contributed by atoms with Crippen molar-refractivity contribution in [3.8, 4) is 0 Å². The van der Waals surface area contributed by atoms with Crippen LogP contribution in [-0.2, 0) is 0 Å². The number of hydrogen-bond donors (Lipinski definition) is 1. The number of rotatable bonds is 2. The molecule has 86 valence electrons. The van der Waals surface area contributed by atoms with Crippen LogP contribution in [0.2, 0.25) is 5.15 Å². The first-order valence-electron chi connectivity index (χ1n) is 4.71. The minimum absolute atomic E-state index is 0.307. The van der Waals surface area contributed by atoms with E-state index in [1.165, 1.54) is 0 Å². The lowest BCUT2D eigenvalue weighted by molar-refractivity contribution is 0.102. The number of anilines is 1. The molecule has 1 amide bonds. The summed E-state index contributed by atoms with van der Waals surface area (Å²) >= 11 is 8.91. The van der Waals surface area contributed by atoms with Crippen molar-refractivity contribution in [1.82, 2.24) is 9.97 Å². The van der Waals surface area contributed by atoms with Gasteiger partial charge in [0.15, 0.2) is 0 Å². The fourth-order valence-electron chi connectivity index (χ4n) is 1.19. The zero-order valence-corrected chi connectivity index (χ0v) is 10.9. The molecule has 0 aliphatic heterocycles. The highest BCUT2D eigenvalue weighted by Crippen LogP contribution is 2.11. The lowest BCUT2D eigenvalue weighted by atomic mass is 10.3. The summed E-state index contributed by atoms with van der Waals surface area (Å²) in [5.41, 5.74) is 0.307. The standard InChI is InChI=1S/C11H7BrClN3O/c12-8-4-1-3-7(14-8)11(17)16-10-6-2-5-9(13)15-10/h1-6H,(H,15,16,17). The molecule has 0 bridgehead atoms. The Morgan fingerprint density at radius 1 is 1.18 bits per heavy atom. The van der Waals surface area contributed by atoms with Crippen LogP contribution in [0, 0.1) is 0 Å². The maximum absolute atomic E-state index is 11.8. The summed E-state index contributed by atoms with van der Waals surface area (Å²) in [5, 5.41) is 2.93. The van der Waals surface area contributed by atoms with Crippen LogP contribution in [0.25, 0.3) is 0 Å². The third-order valence-electron chi connectivity index (χ3n) is 1.90. The molecule has 0 fully saturated rings. The molecule has 2 heterocycles. The van der Waals surface area contributed by atoms with Gasteiger partial charge in [-0.15, -0.1) is 0 Å². The second-order valence-corrected chi connectivity index (χ2v) is 4.34. The Bertz CT molecular complexity index is 562. The molecule has 0 saturated carbocycles. The minimum atomic E-state index is -0.332. The van der Waals surface area contributed by atoms with Crippen molar-refractivity contribution in [1.29, 1.82) is 0 Å². The normalized spacial score (nSPS) is 10.0. The second kappa shape index (κ2) is 5.25. The monoisotopic (exact) mass is 311 g/mol. The first-order chi connectivity index (χ1) is 8.15. The van der Waals surface area contributed by atoms with E-state index in [-0.39, 0.29) is 5.91 Å². The maximum Gasteiger partial charge on any atom is 0.275 e. The maximum atomic E-state index is 11.8. The van der Waals surface area contributed by atoms with Gasteiger partial charge in [-0.25, -0.2) is 9.97 Å². The van der Waals surface area contributed by atoms with Crippen LogP contribution in [0.1, 0.15) is 10.5 Å². The lowest BCUT2D eigenvalue weighted by Crippen LogP contribution is -2.14. The molecule has 0 aliphatic carbocycles. The lowest BCUT2D eigenvalue weighted by Gasteiger charge is -2.04. The van der Waals surface area contributed by atoms with Crippen molar-refractivity contribution >= 4 is 39.3 Å². The van der Waals surface area contributed by atoms with Gasteiger partial charge < -0.3 is 5.32 Å². The van der Waals surface area contributed by atoms with Gasteiger partial charge in [0.2, 0.25) is 0 Å². The summed E-state index contributed by atoms with van der Waals surface area (Å²) in [6.07, 6.45) is 0. The number of halogens is 2. The number of nitrogens with zero attached hydrogens (tertiary/aromatic N) is 2. The summed E-state index contributed by atoms with van der Waals surface area (Å²) in [7, 11) is 0. The summed E-state index contributed by atoms with van der Waals surface area (Å²) in [5.74, 6) is 0.0605. The number of pyridine rings is 2. The number of nitrogens with one attached hydrogen (secondary N) is 1. The van der Waals surface area contributed by atoms with Crippen molar-refractivity contribution in [2.45, 2.75) is 0 Å². The highest BCUT2D eigenvalue weighted by molar-refractivity contribution is 9.10. The molecule has 1 N–H and O–H groups in total. The molecule has 2 aromatic rings. The highest BCUT2D eigenvalue weighted by Gasteiger charge is 2.08. The van der Waals surface area contributed by atoms with Crippen molar-refractivity contribution in [2.24, 2.45) is 0 Å². The average molecular weight is 313 g/mol. The summed E-state index contributed by atoms with van der Waals surface area (Å²) in [6, 6.07) is 10.1. The zero-order valence-electron chi connectivity index (χ0n) is 8.52. The first kappa shape index (κ1) is 12.0. The summed E-state index contributed by atoms with van der Waals surface area (Å²) in [4.78, 5) is 19.8. The van der Waals surface area contributed by atoms with E-state index in [1.54, 1.807) is 36.4 Å². The number of carbonyl (C=O) groups excluding carboxylic acids is 1. The molecule has 0 aromatic carbocycles. The molecule has 0 spiro atoms. The molecule has 0 saturated heterocycles. The van der Waals surface area contributed by atoms with Crippen LogP contribution in [0.15, 0.2) is 41.0 Å². The molecule has 0 atom stereocenters. The van der Waals surface area contributed by atoms with E-state index >= 15 is 0 Å². The predicted octanol–water partition coefficient (Wildman–Crippen LogP) is 3.14. The SMILES string of the molecule is O=C(Nc1cccc(Cl)n1)c1cccc(Br)n1. The Morgan fingerprint density at radius 2 is 1.94 bits per heavy atom. The summed E-state index contributed by atoms with van der Waals surface area (Å²) < 4.78 is 0.601. The van der Waals surface area contributed by atoms with E-state index in [1.807, 2.05) is 0 Å². The van der Waals surface area contributed by atoms with Crippen LogP contribution >= 0.6 is 27.5 Å². The van der Waals surface area contributed by atoms with Crippen LogP contribution in [0.3, 0.4) is 0 Å². The summed E-state index contributed by atoms with van der Waals surface area (Å²) in [6.45, 7) is 0. The van der Waals surface area contributed by atoms with Gasteiger partial charge in [-0.1, -0.05) is 23.7 Å². The Balaban J connectivity index is 2.17. The Morgan fingerprint density at radius 3 is 2.65 bits per heavy atom. The van der Waals surface area contributed by atoms with E-state index in [0.717, 1.165) is 0 Å². The molecule has 0 aliphatic rings. The van der Waals surface area contributed by atoms with E-state index in [4.69, 9.17) is 11.6 Å².